The van der Waals surface area contributed by atoms with Gasteiger partial charge in [0.1, 0.15) is 5.60 Å². The van der Waals surface area contributed by atoms with E-state index in [1.807, 2.05) is 24.3 Å². The first-order valence-corrected chi connectivity index (χ1v) is 5.85. The van der Waals surface area contributed by atoms with Gasteiger partial charge in [-0.1, -0.05) is 18.2 Å². The van der Waals surface area contributed by atoms with E-state index in [9.17, 15) is 4.79 Å². The third-order valence-electron chi connectivity index (χ3n) is 3.57. The SMILES string of the molecule is O=C1OC2(CCCNCC2)c2ccccc21. The number of benzene rings is 1. The molecule has 0 aromatic heterocycles. The summed E-state index contributed by atoms with van der Waals surface area (Å²) in [5.41, 5.74) is 1.49. The molecule has 0 radical (unpaired) electrons. The van der Waals surface area contributed by atoms with Crippen LogP contribution in [0.5, 0.6) is 0 Å². The fourth-order valence-electron chi connectivity index (χ4n) is 2.76. The van der Waals surface area contributed by atoms with Crippen molar-refractivity contribution in [2.45, 2.75) is 24.9 Å². The van der Waals surface area contributed by atoms with Gasteiger partial charge in [0.15, 0.2) is 0 Å². The van der Waals surface area contributed by atoms with Gasteiger partial charge in [-0.3, -0.25) is 0 Å². The number of hydrogen-bond acceptors (Lipinski definition) is 3. The van der Waals surface area contributed by atoms with Gasteiger partial charge in [-0.05, 0) is 32.0 Å². The molecule has 1 unspecified atom stereocenters. The van der Waals surface area contributed by atoms with Crippen molar-refractivity contribution < 1.29 is 9.53 Å². The van der Waals surface area contributed by atoms with Gasteiger partial charge in [-0.15, -0.1) is 0 Å². The topological polar surface area (TPSA) is 38.3 Å². The van der Waals surface area contributed by atoms with Crippen molar-refractivity contribution in [2.75, 3.05) is 13.1 Å². The summed E-state index contributed by atoms with van der Waals surface area (Å²) >= 11 is 0. The Morgan fingerprint density at radius 3 is 3.00 bits per heavy atom. The van der Waals surface area contributed by atoms with Crippen LogP contribution in [0.3, 0.4) is 0 Å². The first kappa shape index (κ1) is 9.85. The second-order valence-electron chi connectivity index (χ2n) is 4.53. The maximum absolute atomic E-state index is 11.8. The number of rotatable bonds is 0. The number of hydrogen-bond donors (Lipinski definition) is 1. The van der Waals surface area contributed by atoms with Crippen LogP contribution in [0, 0.1) is 0 Å². The highest BCUT2D eigenvalue weighted by Crippen LogP contribution is 2.42. The van der Waals surface area contributed by atoms with Gasteiger partial charge in [-0.2, -0.15) is 0 Å². The number of fused-ring (bicyclic) bond motifs is 2. The molecule has 0 aliphatic carbocycles. The van der Waals surface area contributed by atoms with Gasteiger partial charge in [0, 0.05) is 12.0 Å². The predicted octanol–water partition coefficient (Wildman–Crippen LogP) is 1.83. The first-order chi connectivity index (χ1) is 7.82. The van der Waals surface area contributed by atoms with Crippen LogP contribution in [0.25, 0.3) is 0 Å². The van der Waals surface area contributed by atoms with Gasteiger partial charge < -0.3 is 10.1 Å². The quantitative estimate of drug-likeness (QED) is 0.674. The Morgan fingerprint density at radius 2 is 2.06 bits per heavy atom. The Morgan fingerprint density at radius 1 is 1.19 bits per heavy atom. The molecule has 1 aromatic rings. The van der Waals surface area contributed by atoms with Gasteiger partial charge in [0.25, 0.3) is 0 Å². The van der Waals surface area contributed by atoms with Crippen molar-refractivity contribution in [2.24, 2.45) is 0 Å². The number of carbonyl (C=O) groups excluding carboxylic acids is 1. The zero-order chi connectivity index (χ0) is 11.0. The van der Waals surface area contributed by atoms with E-state index in [1.54, 1.807) is 0 Å². The van der Waals surface area contributed by atoms with Crippen molar-refractivity contribution >= 4 is 5.97 Å². The normalized spacial score (nSPS) is 28.6. The summed E-state index contributed by atoms with van der Waals surface area (Å²) in [6.45, 7) is 1.93. The lowest BCUT2D eigenvalue weighted by Crippen LogP contribution is -2.27. The summed E-state index contributed by atoms with van der Waals surface area (Å²) in [4.78, 5) is 11.8. The van der Waals surface area contributed by atoms with E-state index in [0.29, 0.717) is 0 Å². The molecule has 1 saturated heterocycles. The monoisotopic (exact) mass is 217 g/mol. The van der Waals surface area contributed by atoms with Crippen molar-refractivity contribution in [3.05, 3.63) is 35.4 Å². The lowest BCUT2D eigenvalue weighted by Gasteiger charge is -2.26. The molecule has 1 fully saturated rings. The minimum atomic E-state index is -0.350. The molecular weight excluding hydrogens is 202 g/mol. The highest BCUT2D eigenvalue weighted by molar-refractivity contribution is 5.94. The molecule has 16 heavy (non-hydrogen) atoms. The Kier molecular flexibility index (Phi) is 2.21. The maximum atomic E-state index is 11.8. The zero-order valence-electron chi connectivity index (χ0n) is 9.16. The van der Waals surface area contributed by atoms with Gasteiger partial charge >= 0.3 is 5.97 Å². The largest absolute Gasteiger partial charge is 0.450 e. The molecule has 2 aliphatic rings. The molecule has 0 bridgehead atoms. The Balaban J connectivity index is 2.06. The van der Waals surface area contributed by atoms with E-state index in [2.05, 4.69) is 5.32 Å². The maximum Gasteiger partial charge on any atom is 0.339 e. The van der Waals surface area contributed by atoms with Gasteiger partial charge in [-0.25, -0.2) is 4.79 Å². The van der Waals surface area contributed by atoms with E-state index in [-0.39, 0.29) is 11.6 Å². The fraction of sp³-hybridized carbons (Fsp3) is 0.462. The summed E-state index contributed by atoms with van der Waals surface area (Å²) in [5, 5.41) is 3.35. The molecule has 1 atom stereocenters. The third kappa shape index (κ3) is 1.35. The van der Waals surface area contributed by atoms with Crippen LogP contribution in [0.15, 0.2) is 24.3 Å². The summed E-state index contributed by atoms with van der Waals surface area (Å²) < 4.78 is 5.66. The Labute approximate surface area is 94.8 Å². The lowest BCUT2D eigenvalue weighted by atomic mass is 9.86. The smallest absolute Gasteiger partial charge is 0.339 e. The molecule has 1 aromatic carbocycles. The molecule has 3 heteroatoms. The van der Waals surface area contributed by atoms with Crippen LogP contribution in [-0.2, 0) is 10.3 Å². The molecule has 2 aliphatic heterocycles. The number of carbonyl (C=O) groups is 1. The van der Waals surface area contributed by atoms with Crippen LogP contribution in [0.1, 0.15) is 35.2 Å². The molecular formula is C13H15NO2. The van der Waals surface area contributed by atoms with Crippen molar-refractivity contribution in [3.8, 4) is 0 Å². The summed E-state index contributed by atoms with van der Waals surface area (Å²) in [6.07, 6.45) is 2.88. The van der Waals surface area contributed by atoms with Crippen LogP contribution in [0.2, 0.25) is 0 Å². The minimum Gasteiger partial charge on any atom is -0.450 e. The van der Waals surface area contributed by atoms with Gasteiger partial charge in [0.05, 0.1) is 5.56 Å². The van der Waals surface area contributed by atoms with Crippen LogP contribution < -0.4 is 5.32 Å². The molecule has 0 saturated carbocycles. The Hall–Kier alpha value is -1.35. The summed E-state index contributed by atoms with van der Waals surface area (Å²) in [7, 11) is 0. The minimum absolute atomic E-state index is 0.155. The van der Waals surface area contributed by atoms with Crippen molar-refractivity contribution in [1.29, 1.82) is 0 Å². The standard InChI is InChI=1S/C13H15NO2/c15-12-10-4-1-2-5-11(10)13(16-12)6-3-8-14-9-7-13/h1-2,4-5,14H,3,6-9H2. The molecule has 3 nitrogen and oxygen atoms in total. The number of nitrogens with one attached hydrogen (secondary N) is 1. The van der Waals surface area contributed by atoms with E-state index < -0.39 is 0 Å². The molecule has 84 valence electrons. The van der Waals surface area contributed by atoms with Crippen molar-refractivity contribution in [1.82, 2.24) is 5.32 Å². The molecule has 3 rings (SSSR count). The molecule has 2 heterocycles. The van der Waals surface area contributed by atoms with E-state index in [0.717, 1.165) is 43.5 Å². The summed E-state index contributed by atoms with van der Waals surface area (Å²) in [6, 6.07) is 7.78. The average Bonchev–Trinajstić information content (AvgIpc) is 2.49. The first-order valence-electron chi connectivity index (χ1n) is 5.85. The zero-order valence-corrected chi connectivity index (χ0v) is 9.16. The highest BCUT2D eigenvalue weighted by atomic mass is 16.6. The van der Waals surface area contributed by atoms with E-state index in [4.69, 9.17) is 4.74 Å². The van der Waals surface area contributed by atoms with E-state index >= 15 is 0 Å². The van der Waals surface area contributed by atoms with Crippen LogP contribution in [-0.4, -0.2) is 19.1 Å². The lowest BCUT2D eigenvalue weighted by molar-refractivity contribution is -0.0147. The average molecular weight is 217 g/mol. The van der Waals surface area contributed by atoms with E-state index in [1.165, 1.54) is 0 Å². The predicted molar refractivity (Wildman–Crippen MR) is 60.3 cm³/mol. The second kappa shape index (κ2) is 3.59. The molecule has 1 spiro atoms. The Bertz CT molecular complexity index is 420. The number of esters is 1. The van der Waals surface area contributed by atoms with Crippen LogP contribution in [0.4, 0.5) is 0 Å². The second-order valence-corrected chi connectivity index (χ2v) is 4.53. The third-order valence-corrected chi connectivity index (χ3v) is 3.57. The fourth-order valence-corrected chi connectivity index (χ4v) is 2.76. The van der Waals surface area contributed by atoms with Crippen molar-refractivity contribution in [3.63, 3.8) is 0 Å². The number of ether oxygens (including phenoxy) is 1. The summed E-state index contributed by atoms with van der Waals surface area (Å²) in [5.74, 6) is -0.155. The molecule has 1 N–H and O–H groups in total. The van der Waals surface area contributed by atoms with Crippen LogP contribution >= 0.6 is 0 Å². The highest BCUT2D eigenvalue weighted by Gasteiger charge is 2.44. The van der Waals surface area contributed by atoms with Gasteiger partial charge in [0.2, 0.25) is 0 Å². The molecule has 0 amide bonds.